The summed E-state index contributed by atoms with van der Waals surface area (Å²) < 4.78 is 0.993. The maximum Gasteiger partial charge on any atom is 0.276 e. The lowest BCUT2D eigenvalue weighted by molar-refractivity contribution is -0.385. The lowest BCUT2D eigenvalue weighted by Gasteiger charge is -1.97. The number of anilines is 1. The van der Waals surface area contributed by atoms with Crippen LogP contribution in [0.2, 0.25) is 0 Å². The van der Waals surface area contributed by atoms with Crippen LogP contribution in [0.3, 0.4) is 0 Å². The minimum atomic E-state index is -0.479. The second-order valence-electron chi connectivity index (χ2n) is 5.13. The van der Waals surface area contributed by atoms with Crippen LogP contribution in [0.25, 0.3) is 16.3 Å². The lowest BCUT2D eigenvalue weighted by Crippen LogP contribution is -2.07. The first-order valence-corrected chi connectivity index (χ1v) is 7.94. The van der Waals surface area contributed by atoms with Gasteiger partial charge in [0.15, 0.2) is 5.13 Å². The molecule has 3 aromatic rings. The number of amides is 1. The standard InChI is InChI=1S/C17H13N3O3S/c1-11-6-8-13-15(10-11)24-17(18-13)19-16(21)9-7-12-4-2-3-5-14(12)20(22)23/h2-10H,1H3,(H,18,19,21). The number of nitro benzene ring substituents is 1. The number of thiazole rings is 1. The molecule has 1 amide bonds. The van der Waals surface area contributed by atoms with Crippen LogP contribution in [-0.4, -0.2) is 15.8 Å². The molecule has 0 fully saturated rings. The van der Waals surface area contributed by atoms with Crippen LogP contribution in [0.1, 0.15) is 11.1 Å². The molecule has 0 aliphatic heterocycles. The number of carbonyl (C=O) groups excluding carboxylic acids is 1. The average Bonchev–Trinajstić information content (AvgIpc) is 2.94. The molecule has 0 aliphatic rings. The largest absolute Gasteiger partial charge is 0.298 e. The minimum Gasteiger partial charge on any atom is -0.298 e. The maximum absolute atomic E-state index is 12.0. The number of fused-ring (bicyclic) bond motifs is 1. The number of nitrogens with one attached hydrogen (secondary N) is 1. The summed E-state index contributed by atoms with van der Waals surface area (Å²) in [6.07, 6.45) is 2.69. The van der Waals surface area contributed by atoms with Crippen LogP contribution in [0.5, 0.6) is 0 Å². The van der Waals surface area contributed by atoms with E-state index in [1.807, 2.05) is 25.1 Å². The van der Waals surface area contributed by atoms with Crippen LogP contribution in [0.15, 0.2) is 48.5 Å². The Morgan fingerprint density at radius 3 is 2.88 bits per heavy atom. The Bertz CT molecular complexity index is 963. The highest BCUT2D eigenvalue weighted by molar-refractivity contribution is 7.22. The summed E-state index contributed by atoms with van der Waals surface area (Å²) in [5.74, 6) is -0.385. The maximum atomic E-state index is 12.0. The predicted octanol–water partition coefficient (Wildman–Crippen LogP) is 4.16. The van der Waals surface area contributed by atoms with Gasteiger partial charge in [-0.25, -0.2) is 4.98 Å². The van der Waals surface area contributed by atoms with E-state index in [1.165, 1.54) is 29.6 Å². The number of nitro groups is 1. The van der Waals surface area contributed by atoms with E-state index in [0.29, 0.717) is 10.7 Å². The van der Waals surface area contributed by atoms with Crippen molar-refractivity contribution in [2.45, 2.75) is 6.92 Å². The third kappa shape index (κ3) is 3.47. The van der Waals surface area contributed by atoms with Gasteiger partial charge < -0.3 is 0 Å². The number of para-hydroxylation sites is 1. The Kier molecular flexibility index (Phi) is 4.35. The molecule has 2 aromatic carbocycles. The Morgan fingerprint density at radius 2 is 2.08 bits per heavy atom. The molecule has 1 N–H and O–H groups in total. The summed E-state index contributed by atoms with van der Waals surface area (Å²) in [5.41, 5.74) is 2.28. The molecular formula is C17H13N3O3S. The fraction of sp³-hybridized carbons (Fsp3) is 0.0588. The summed E-state index contributed by atoms with van der Waals surface area (Å²) in [7, 11) is 0. The fourth-order valence-corrected chi connectivity index (χ4v) is 3.16. The highest BCUT2D eigenvalue weighted by Crippen LogP contribution is 2.26. The van der Waals surface area contributed by atoms with E-state index in [0.717, 1.165) is 15.8 Å². The van der Waals surface area contributed by atoms with Gasteiger partial charge >= 0.3 is 0 Å². The van der Waals surface area contributed by atoms with Crippen molar-refractivity contribution in [3.8, 4) is 0 Å². The topological polar surface area (TPSA) is 85.1 Å². The van der Waals surface area contributed by atoms with Gasteiger partial charge in [-0.1, -0.05) is 29.5 Å². The van der Waals surface area contributed by atoms with Crippen LogP contribution in [-0.2, 0) is 4.79 Å². The van der Waals surface area contributed by atoms with Crippen molar-refractivity contribution in [1.82, 2.24) is 4.98 Å². The molecular weight excluding hydrogens is 326 g/mol. The van der Waals surface area contributed by atoms with Crippen molar-refractivity contribution < 1.29 is 9.72 Å². The molecule has 6 nitrogen and oxygen atoms in total. The number of carbonyl (C=O) groups is 1. The first kappa shape index (κ1) is 15.8. The smallest absolute Gasteiger partial charge is 0.276 e. The van der Waals surface area contributed by atoms with Gasteiger partial charge in [0, 0.05) is 12.1 Å². The van der Waals surface area contributed by atoms with E-state index in [1.54, 1.807) is 18.2 Å². The quantitative estimate of drug-likeness (QED) is 0.439. The summed E-state index contributed by atoms with van der Waals surface area (Å²) in [4.78, 5) is 26.8. The number of hydrogen-bond donors (Lipinski definition) is 1. The zero-order valence-electron chi connectivity index (χ0n) is 12.7. The summed E-state index contributed by atoms with van der Waals surface area (Å²) in [5, 5.41) is 14.1. The SMILES string of the molecule is Cc1ccc2nc(NC(=O)C=Cc3ccccc3[N+](=O)[O-])sc2c1. The Hall–Kier alpha value is -3.06. The van der Waals surface area contributed by atoms with Crippen molar-refractivity contribution in [3.63, 3.8) is 0 Å². The molecule has 0 unspecified atom stereocenters. The van der Waals surface area contributed by atoms with E-state index in [9.17, 15) is 14.9 Å². The molecule has 0 saturated heterocycles. The summed E-state index contributed by atoms with van der Waals surface area (Å²) in [6, 6.07) is 12.1. The normalized spacial score (nSPS) is 11.0. The number of aryl methyl sites for hydroxylation is 1. The molecule has 0 saturated carbocycles. The van der Waals surface area contributed by atoms with E-state index in [2.05, 4.69) is 10.3 Å². The molecule has 0 spiro atoms. The van der Waals surface area contributed by atoms with Crippen LogP contribution >= 0.6 is 11.3 Å². The fourth-order valence-electron chi connectivity index (χ4n) is 2.19. The lowest BCUT2D eigenvalue weighted by atomic mass is 10.1. The first-order valence-electron chi connectivity index (χ1n) is 7.12. The predicted molar refractivity (Wildman–Crippen MR) is 95.1 cm³/mol. The van der Waals surface area contributed by atoms with Gasteiger partial charge in [0.05, 0.1) is 20.7 Å². The highest BCUT2D eigenvalue weighted by Gasteiger charge is 2.10. The van der Waals surface area contributed by atoms with Gasteiger partial charge in [-0.2, -0.15) is 0 Å². The minimum absolute atomic E-state index is 0.0444. The average molecular weight is 339 g/mol. The van der Waals surface area contributed by atoms with Gasteiger partial charge in [-0.05, 0) is 36.8 Å². The van der Waals surface area contributed by atoms with Crippen LogP contribution in [0, 0.1) is 17.0 Å². The Morgan fingerprint density at radius 1 is 1.29 bits per heavy atom. The third-order valence-electron chi connectivity index (χ3n) is 3.32. The van der Waals surface area contributed by atoms with Crippen molar-refractivity contribution in [2.24, 2.45) is 0 Å². The van der Waals surface area contributed by atoms with Crippen molar-refractivity contribution in [1.29, 1.82) is 0 Å². The number of rotatable bonds is 4. The highest BCUT2D eigenvalue weighted by atomic mass is 32.1. The molecule has 0 aliphatic carbocycles. The second-order valence-corrected chi connectivity index (χ2v) is 6.16. The van der Waals surface area contributed by atoms with Gasteiger partial charge in [-0.15, -0.1) is 0 Å². The van der Waals surface area contributed by atoms with Gasteiger partial charge in [-0.3, -0.25) is 20.2 Å². The van der Waals surface area contributed by atoms with E-state index >= 15 is 0 Å². The summed E-state index contributed by atoms with van der Waals surface area (Å²) in [6.45, 7) is 1.99. The first-order chi connectivity index (χ1) is 11.5. The van der Waals surface area contributed by atoms with Crippen molar-refractivity contribution >= 4 is 44.4 Å². The van der Waals surface area contributed by atoms with Crippen molar-refractivity contribution in [3.05, 3.63) is 69.8 Å². The third-order valence-corrected chi connectivity index (χ3v) is 4.26. The molecule has 0 atom stereocenters. The molecule has 0 bridgehead atoms. The monoisotopic (exact) mass is 339 g/mol. The van der Waals surface area contributed by atoms with Gasteiger partial charge in [0.25, 0.3) is 5.69 Å². The number of nitrogens with zero attached hydrogens (tertiary/aromatic N) is 2. The van der Waals surface area contributed by atoms with Crippen LogP contribution in [0.4, 0.5) is 10.8 Å². The number of aromatic nitrogens is 1. The summed E-state index contributed by atoms with van der Waals surface area (Å²) >= 11 is 1.38. The van der Waals surface area contributed by atoms with E-state index in [-0.39, 0.29) is 11.6 Å². The number of hydrogen-bond acceptors (Lipinski definition) is 5. The molecule has 1 aromatic heterocycles. The number of benzene rings is 2. The second kappa shape index (κ2) is 6.59. The molecule has 120 valence electrons. The molecule has 24 heavy (non-hydrogen) atoms. The molecule has 1 heterocycles. The van der Waals surface area contributed by atoms with Crippen LogP contribution < -0.4 is 5.32 Å². The zero-order valence-corrected chi connectivity index (χ0v) is 13.5. The Balaban J connectivity index is 1.76. The van der Waals surface area contributed by atoms with Gasteiger partial charge in [0.1, 0.15) is 0 Å². The zero-order chi connectivity index (χ0) is 17.1. The molecule has 7 heteroatoms. The molecule has 3 rings (SSSR count). The Labute approximate surface area is 141 Å². The molecule has 0 radical (unpaired) electrons. The van der Waals surface area contributed by atoms with Crippen molar-refractivity contribution in [2.75, 3.05) is 5.32 Å². The van der Waals surface area contributed by atoms with E-state index in [4.69, 9.17) is 0 Å². The van der Waals surface area contributed by atoms with E-state index < -0.39 is 4.92 Å². The van der Waals surface area contributed by atoms with Gasteiger partial charge in [0.2, 0.25) is 5.91 Å².